The van der Waals surface area contributed by atoms with Gasteiger partial charge in [-0.15, -0.1) is 11.3 Å². The van der Waals surface area contributed by atoms with Gasteiger partial charge in [-0.25, -0.2) is 8.42 Å². The molecule has 0 aliphatic heterocycles. The van der Waals surface area contributed by atoms with Gasteiger partial charge in [0, 0.05) is 4.88 Å². The summed E-state index contributed by atoms with van der Waals surface area (Å²) in [6.45, 7) is 16.9. The van der Waals surface area contributed by atoms with Crippen LogP contribution in [-0.2, 0) is 26.0 Å². The first-order chi connectivity index (χ1) is 17.4. The number of ether oxygens (including phenoxy) is 2. The highest BCUT2D eigenvalue weighted by atomic mass is 32.2. The quantitative estimate of drug-likeness (QED) is 0.310. The smallest absolute Gasteiger partial charge is 0.321 e. The molecule has 2 atom stereocenters. The Balaban J connectivity index is 2.04. The molecule has 0 saturated carbocycles. The molecule has 2 N–H and O–H groups in total. The van der Waals surface area contributed by atoms with Crippen molar-refractivity contribution < 1.29 is 27.8 Å². The molecule has 2 aromatic rings. The molecule has 0 amide bonds. The summed E-state index contributed by atoms with van der Waals surface area (Å²) >= 11 is 1.27. The molecule has 7 nitrogen and oxygen atoms in total. The minimum atomic E-state index is -3.83. The van der Waals surface area contributed by atoms with E-state index in [-0.39, 0.29) is 22.1 Å². The number of aliphatic hydroxyl groups excluding tert-OH is 1. The Morgan fingerprint density at radius 2 is 1.74 bits per heavy atom. The first-order valence-electron chi connectivity index (χ1n) is 13.1. The lowest BCUT2D eigenvalue weighted by Crippen LogP contribution is -2.34. The van der Waals surface area contributed by atoms with Crippen molar-refractivity contribution in [1.29, 1.82) is 0 Å². The normalized spacial score (nSPS) is 14.3. The van der Waals surface area contributed by atoms with Gasteiger partial charge < -0.3 is 14.6 Å². The highest BCUT2D eigenvalue weighted by molar-refractivity contribution is 7.91. The van der Waals surface area contributed by atoms with E-state index < -0.39 is 34.2 Å². The van der Waals surface area contributed by atoms with Crippen molar-refractivity contribution in [3.8, 4) is 5.75 Å². The monoisotopic (exact) mass is 567 g/mol. The van der Waals surface area contributed by atoms with E-state index in [0.717, 1.165) is 35.5 Å². The van der Waals surface area contributed by atoms with Crippen LogP contribution in [0.5, 0.6) is 5.75 Å². The van der Waals surface area contributed by atoms with Crippen molar-refractivity contribution in [2.24, 2.45) is 5.41 Å². The number of hydrogen-bond donors (Lipinski definition) is 2. The van der Waals surface area contributed by atoms with Crippen LogP contribution in [0, 0.1) is 19.3 Å². The molecule has 1 aromatic carbocycles. The van der Waals surface area contributed by atoms with Crippen molar-refractivity contribution >= 4 is 27.3 Å². The zero-order chi connectivity index (χ0) is 28.9. The second kappa shape index (κ2) is 12.9. The van der Waals surface area contributed by atoms with Gasteiger partial charge in [0.05, 0.1) is 6.10 Å². The summed E-state index contributed by atoms with van der Waals surface area (Å²) in [6, 6.07) is 8.07. The zero-order valence-electron chi connectivity index (χ0n) is 24.3. The number of carbonyl (C=O) groups excluding carboxylic acids is 1. The predicted octanol–water partition coefficient (Wildman–Crippen LogP) is 5.90. The highest BCUT2D eigenvalue weighted by Gasteiger charge is 2.26. The molecule has 0 aliphatic carbocycles. The molecule has 0 fully saturated rings. The number of rotatable bonds is 12. The van der Waals surface area contributed by atoms with Crippen molar-refractivity contribution in [3.63, 3.8) is 0 Å². The number of aryl methyl sites for hydroxylation is 3. The Morgan fingerprint density at radius 3 is 2.29 bits per heavy atom. The van der Waals surface area contributed by atoms with E-state index in [2.05, 4.69) is 23.8 Å². The Kier molecular flexibility index (Phi) is 11.0. The van der Waals surface area contributed by atoms with Crippen LogP contribution in [0.3, 0.4) is 0 Å². The minimum Gasteiger partial charge on any atom is -0.491 e. The maximum atomic E-state index is 12.9. The SMILES string of the molecule is CCC(CCc1ccc(OCC(O)C(C)(C)C)c(C)c1)c1cc(C)c(S(=O)(=O)NCC(=O)OC(C)(C)C)s1. The largest absolute Gasteiger partial charge is 0.491 e. The van der Waals surface area contributed by atoms with E-state index in [1.807, 2.05) is 39.8 Å². The van der Waals surface area contributed by atoms with Gasteiger partial charge in [-0.05, 0) is 94.0 Å². The lowest BCUT2D eigenvalue weighted by Gasteiger charge is -2.26. The summed E-state index contributed by atoms with van der Waals surface area (Å²) in [5.74, 6) is 0.373. The molecule has 9 heteroatoms. The van der Waals surface area contributed by atoms with Gasteiger partial charge in [-0.2, -0.15) is 4.72 Å². The third-order valence-electron chi connectivity index (χ3n) is 6.27. The van der Waals surface area contributed by atoms with Crippen molar-refractivity contribution in [1.82, 2.24) is 4.72 Å². The summed E-state index contributed by atoms with van der Waals surface area (Å²) < 4.78 is 39.5. The fourth-order valence-electron chi connectivity index (χ4n) is 3.89. The number of sulfonamides is 1. The average Bonchev–Trinajstić information content (AvgIpc) is 3.18. The van der Waals surface area contributed by atoms with E-state index in [9.17, 15) is 18.3 Å². The Labute approximate surface area is 233 Å². The Hall–Kier alpha value is -1.94. The predicted molar refractivity (Wildman–Crippen MR) is 154 cm³/mol. The molecule has 0 bridgehead atoms. The van der Waals surface area contributed by atoms with Crippen LogP contribution in [-0.4, -0.2) is 44.4 Å². The third kappa shape index (κ3) is 9.67. The number of nitrogens with one attached hydrogen (secondary N) is 1. The lowest BCUT2D eigenvalue weighted by atomic mass is 9.90. The van der Waals surface area contributed by atoms with Gasteiger partial charge in [0.1, 0.15) is 28.7 Å². The first kappa shape index (κ1) is 32.3. The number of carbonyl (C=O) groups is 1. The van der Waals surface area contributed by atoms with Crippen LogP contribution >= 0.6 is 11.3 Å². The van der Waals surface area contributed by atoms with Gasteiger partial charge in [0.25, 0.3) is 10.0 Å². The third-order valence-corrected chi connectivity index (χ3v) is 9.71. The second-order valence-corrected chi connectivity index (χ2v) is 15.0. The standard InChI is InChI=1S/C29H45NO6S2/c1-10-22(13-11-21-12-14-23(19(2)15-21)35-18-25(31)28(4,5)6)24-16-20(3)27(37-24)38(33,34)30-17-26(32)36-29(7,8)9/h12,14-16,22,25,30-31H,10-11,13,17-18H2,1-9H3. The molecule has 0 saturated heterocycles. The molecule has 214 valence electrons. The molecule has 1 heterocycles. The summed E-state index contributed by atoms with van der Waals surface area (Å²) in [5, 5.41) is 10.3. The Morgan fingerprint density at radius 1 is 1.08 bits per heavy atom. The average molecular weight is 568 g/mol. The van der Waals surface area contributed by atoms with Crippen LogP contribution in [0.1, 0.15) is 88.8 Å². The molecular weight excluding hydrogens is 522 g/mol. The van der Waals surface area contributed by atoms with Gasteiger partial charge in [-0.1, -0.05) is 39.8 Å². The number of hydrogen-bond acceptors (Lipinski definition) is 7. The minimum absolute atomic E-state index is 0.215. The van der Waals surface area contributed by atoms with Gasteiger partial charge in [0.2, 0.25) is 0 Å². The van der Waals surface area contributed by atoms with E-state index in [1.165, 1.54) is 16.9 Å². The molecule has 38 heavy (non-hydrogen) atoms. The summed E-state index contributed by atoms with van der Waals surface area (Å²) in [4.78, 5) is 13.0. The van der Waals surface area contributed by atoms with Crippen LogP contribution < -0.4 is 9.46 Å². The number of esters is 1. The maximum Gasteiger partial charge on any atom is 0.321 e. The van der Waals surface area contributed by atoms with Crippen LogP contribution in [0.2, 0.25) is 0 Å². The Bertz CT molecular complexity index is 1190. The summed E-state index contributed by atoms with van der Waals surface area (Å²) in [7, 11) is -3.83. The molecule has 0 spiro atoms. The fourth-order valence-corrected chi connectivity index (χ4v) is 6.84. The van der Waals surface area contributed by atoms with Gasteiger partial charge in [-0.3, -0.25) is 4.79 Å². The van der Waals surface area contributed by atoms with Crippen molar-refractivity contribution in [2.75, 3.05) is 13.2 Å². The van der Waals surface area contributed by atoms with Crippen LogP contribution in [0.25, 0.3) is 0 Å². The zero-order valence-corrected chi connectivity index (χ0v) is 25.9. The molecule has 2 rings (SSSR count). The van der Waals surface area contributed by atoms with Gasteiger partial charge >= 0.3 is 5.97 Å². The molecule has 2 unspecified atom stereocenters. The summed E-state index contributed by atoms with van der Waals surface area (Å²) in [6.07, 6.45) is 2.06. The highest BCUT2D eigenvalue weighted by Crippen LogP contribution is 2.36. The molecular formula is C29H45NO6S2. The fraction of sp³-hybridized carbons (Fsp3) is 0.621. The van der Waals surface area contributed by atoms with Crippen LogP contribution in [0.4, 0.5) is 0 Å². The molecule has 0 radical (unpaired) electrons. The van der Waals surface area contributed by atoms with Crippen molar-refractivity contribution in [2.45, 2.75) is 103 Å². The van der Waals surface area contributed by atoms with Gasteiger partial charge in [0.15, 0.2) is 0 Å². The molecule has 0 aliphatic rings. The number of benzene rings is 1. The number of thiophene rings is 1. The van der Waals surface area contributed by atoms with E-state index in [4.69, 9.17) is 9.47 Å². The summed E-state index contributed by atoms with van der Waals surface area (Å²) in [5.41, 5.74) is 1.97. The van der Waals surface area contributed by atoms with E-state index >= 15 is 0 Å². The molecule has 1 aromatic heterocycles. The number of aliphatic hydroxyl groups is 1. The second-order valence-electron chi connectivity index (χ2n) is 12.0. The van der Waals surface area contributed by atoms with Crippen LogP contribution in [0.15, 0.2) is 28.5 Å². The van der Waals surface area contributed by atoms with E-state index in [0.29, 0.717) is 5.56 Å². The van der Waals surface area contributed by atoms with Crippen molar-refractivity contribution in [3.05, 3.63) is 45.8 Å². The maximum absolute atomic E-state index is 12.9. The van der Waals surface area contributed by atoms with E-state index in [1.54, 1.807) is 27.7 Å². The lowest BCUT2D eigenvalue weighted by molar-refractivity contribution is -0.153. The first-order valence-corrected chi connectivity index (χ1v) is 15.4. The topological polar surface area (TPSA) is 102 Å².